The first kappa shape index (κ1) is 21.7. The van der Waals surface area contributed by atoms with Gasteiger partial charge in [0.05, 0.1) is 4.91 Å². The van der Waals surface area contributed by atoms with E-state index in [2.05, 4.69) is 50.8 Å². The highest BCUT2D eigenvalue weighted by Gasteiger charge is 2.34. The molecule has 1 aliphatic rings. The minimum atomic E-state index is -0.198. The molecule has 0 aliphatic carbocycles. The number of carbonyl (C=O) groups excluding carboxylic acids is 2. The van der Waals surface area contributed by atoms with Gasteiger partial charge in [-0.2, -0.15) is 0 Å². The van der Waals surface area contributed by atoms with E-state index >= 15 is 0 Å². The lowest BCUT2D eigenvalue weighted by atomic mass is 10.1. The fraction of sp³-hybridized carbons (Fsp3) is 0.200. The van der Waals surface area contributed by atoms with E-state index < -0.39 is 0 Å². The van der Waals surface area contributed by atoms with Crippen molar-refractivity contribution in [3.63, 3.8) is 0 Å². The van der Waals surface area contributed by atoms with E-state index in [-0.39, 0.29) is 11.1 Å². The van der Waals surface area contributed by atoms with Gasteiger partial charge in [0.15, 0.2) is 0 Å². The molecule has 0 bridgehead atoms. The predicted molar refractivity (Wildman–Crippen MR) is 130 cm³/mol. The van der Waals surface area contributed by atoms with Crippen molar-refractivity contribution in [2.24, 2.45) is 0 Å². The highest BCUT2D eigenvalue weighted by Crippen LogP contribution is 2.34. The molecule has 1 aromatic heterocycles. The monoisotopic (exact) mass is 494 g/mol. The standard InChI is InChI=1S/C25H23BrN2O2S/c1-17-15-20(18(2)28(17)22-12-10-21(26)11-13-22)16-23-24(29)27(25(30)31-23)14-6-9-19-7-4-3-5-8-19/h3-5,7-8,10-13,15-16H,6,9,14H2,1-2H3/b23-16-. The molecule has 2 amide bonds. The van der Waals surface area contributed by atoms with Gasteiger partial charge in [-0.15, -0.1) is 0 Å². The molecule has 4 rings (SSSR count). The molecule has 1 aliphatic heterocycles. The largest absolute Gasteiger partial charge is 0.318 e. The van der Waals surface area contributed by atoms with Crippen LogP contribution in [-0.4, -0.2) is 27.2 Å². The molecule has 4 nitrogen and oxygen atoms in total. The molecule has 31 heavy (non-hydrogen) atoms. The molecular weight excluding hydrogens is 472 g/mol. The fourth-order valence-electron chi connectivity index (χ4n) is 3.84. The molecule has 6 heteroatoms. The number of aromatic nitrogens is 1. The molecule has 0 N–H and O–H groups in total. The van der Waals surface area contributed by atoms with Gasteiger partial charge in [-0.1, -0.05) is 46.3 Å². The lowest BCUT2D eigenvalue weighted by Gasteiger charge is -2.12. The Hall–Kier alpha value is -2.57. The molecule has 1 fully saturated rings. The van der Waals surface area contributed by atoms with E-state index in [4.69, 9.17) is 0 Å². The number of halogens is 1. The number of hydrogen-bond acceptors (Lipinski definition) is 3. The highest BCUT2D eigenvalue weighted by atomic mass is 79.9. The Morgan fingerprint density at radius 1 is 1.00 bits per heavy atom. The van der Waals surface area contributed by atoms with Crippen LogP contribution in [0.2, 0.25) is 0 Å². The van der Waals surface area contributed by atoms with Crippen LogP contribution in [0, 0.1) is 13.8 Å². The maximum absolute atomic E-state index is 12.9. The van der Waals surface area contributed by atoms with Crippen LogP contribution in [0.15, 0.2) is 70.0 Å². The summed E-state index contributed by atoms with van der Waals surface area (Å²) in [5.41, 5.74) is 5.34. The number of nitrogens with zero attached hydrogens (tertiary/aromatic N) is 2. The first-order valence-electron chi connectivity index (χ1n) is 10.2. The normalized spacial score (nSPS) is 15.3. The van der Waals surface area contributed by atoms with Crippen molar-refractivity contribution < 1.29 is 9.59 Å². The molecule has 0 radical (unpaired) electrons. The number of thioether (sulfide) groups is 1. The van der Waals surface area contributed by atoms with Crippen molar-refractivity contribution in [3.8, 4) is 5.69 Å². The predicted octanol–water partition coefficient (Wildman–Crippen LogP) is 6.53. The molecule has 1 saturated heterocycles. The molecule has 2 heterocycles. The zero-order valence-corrected chi connectivity index (χ0v) is 19.9. The summed E-state index contributed by atoms with van der Waals surface area (Å²) in [6.45, 7) is 4.52. The van der Waals surface area contributed by atoms with Crippen molar-refractivity contribution in [2.75, 3.05) is 6.54 Å². The van der Waals surface area contributed by atoms with Crippen LogP contribution in [0.3, 0.4) is 0 Å². The summed E-state index contributed by atoms with van der Waals surface area (Å²) in [7, 11) is 0. The van der Waals surface area contributed by atoms with Crippen molar-refractivity contribution >= 4 is 44.9 Å². The smallest absolute Gasteiger partial charge is 0.293 e. The summed E-state index contributed by atoms with van der Waals surface area (Å²) in [5.74, 6) is -0.198. The minimum absolute atomic E-state index is 0.189. The van der Waals surface area contributed by atoms with Crippen LogP contribution >= 0.6 is 27.7 Å². The number of rotatable bonds is 6. The Morgan fingerprint density at radius 3 is 2.42 bits per heavy atom. The number of carbonyl (C=O) groups is 2. The number of imide groups is 1. The second kappa shape index (κ2) is 9.28. The Bertz CT molecular complexity index is 1150. The van der Waals surface area contributed by atoms with E-state index in [1.54, 1.807) is 0 Å². The summed E-state index contributed by atoms with van der Waals surface area (Å²) in [6, 6.07) is 20.3. The second-order valence-corrected chi connectivity index (χ2v) is 9.47. The van der Waals surface area contributed by atoms with Gasteiger partial charge in [0.25, 0.3) is 11.1 Å². The van der Waals surface area contributed by atoms with Crippen molar-refractivity contribution in [1.82, 2.24) is 9.47 Å². The lowest BCUT2D eigenvalue weighted by Crippen LogP contribution is -2.29. The average molecular weight is 495 g/mol. The fourth-order valence-corrected chi connectivity index (χ4v) is 4.96. The second-order valence-electron chi connectivity index (χ2n) is 7.56. The van der Waals surface area contributed by atoms with Gasteiger partial charge in [0.1, 0.15) is 0 Å². The van der Waals surface area contributed by atoms with Gasteiger partial charge in [-0.25, -0.2) is 0 Å². The Morgan fingerprint density at radius 2 is 1.71 bits per heavy atom. The van der Waals surface area contributed by atoms with Crippen molar-refractivity contribution in [1.29, 1.82) is 0 Å². The maximum atomic E-state index is 12.9. The van der Waals surface area contributed by atoms with Gasteiger partial charge in [0, 0.05) is 28.1 Å². The summed E-state index contributed by atoms with van der Waals surface area (Å²) >= 11 is 4.50. The summed E-state index contributed by atoms with van der Waals surface area (Å²) in [5, 5.41) is -0.189. The SMILES string of the molecule is Cc1cc(/C=C2\SC(=O)N(CCCc3ccccc3)C2=O)c(C)n1-c1ccc(Br)cc1. The zero-order valence-electron chi connectivity index (χ0n) is 17.5. The maximum Gasteiger partial charge on any atom is 0.293 e. The van der Waals surface area contributed by atoms with E-state index in [1.807, 2.05) is 50.3 Å². The quantitative estimate of drug-likeness (QED) is 0.366. The molecule has 158 valence electrons. The van der Waals surface area contributed by atoms with Gasteiger partial charge >= 0.3 is 0 Å². The van der Waals surface area contributed by atoms with Crippen LogP contribution in [-0.2, 0) is 11.2 Å². The van der Waals surface area contributed by atoms with Crippen LogP contribution in [0.25, 0.3) is 11.8 Å². The number of amides is 2. The Labute approximate surface area is 195 Å². The molecule has 3 aromatic rings. The minimum Gasteiger partial charge on any atom is -0.318 e. The highest BCUT2D eigenvalue weighted by molar-refractivity contribution is 9.10. The number of aryl methyl sites for hydroxylation is 2. The third-order valence-electron chi connectivity index (χ3n) is 5.41. The van der Waals surface area contributed by atoms with Crippen LogP contribution in [0.1, 0.15) is 28.9 Å². The third kappa shape index (κ3) is 4.70. The molecule has 0 spiro atoms. The van der Waals surface area contributed by atoms with E-state index in [0.29, 0.717) is 11.4 Å². The van der Waals surface area contributed by atoms with Crippen molar-refractivity contribution in [3.05, 3.63) is 92.6 Å². The van der Waals surface area contributed by atoms with E-state index in [0.717, 1.165) is 51.7 Å². The third-order valence-corrected chi connectivity index (χ3v) is 6.84. The zero-order chi connectivity index (χ0) is 22.0. The summed E-state index contributed by atoms with van der Waals surface area (Å²) in [6.07, 6.45) is 3.45. The van der Waals surface area contributed by atoms with Crippen LogP contribution < -0.4 is 0 Å². The molecule has 0 atom stereocenters. The molecule has 0 saturated carbocycles. The summed E-state index contributed by atoms with van der Waals surface area (Å²) in [4.78, 5) is 27.2. The summed E-state index contributed by atoms with van der Waals surface area (Å²) < 4.78 is 3.18. The average Bonchev–Trinajstić information content (AvgIpc) is 3.19. The Kier molecular flexibility index (Phi) is 6.49. The van der Waals surface area contributed by atoms with Gasteiger partial charge < -0.3 is 4.57 Å². The molecule has 0 unspecified atom stereocenters. The van der Waals surface area contributed by atoms with Crippen LogP contribution in [0.4, 0.5) is 4.79 Å². The topological polar surface area (TPSA) is 42.3 Å². The number of benzene rings is 2. The first-order valence-corrected chi connectivity index (χ1v) is 11.8. The van der Waals surface area contributed by atoms with Gasteiger partial charge in [-0.3, -0.25) is 14.5 Å². The van der Waals surface area contributed by atoms with E-state index in [9.17, 15) is 9.59 Å². The number of hydrogen-bond donors (Lipinski definition) is 0. The van der Waals surface area contributed by atoms with E-state index in [1.165, 1.54) is 10.5 Å². The van der Waals surface area contributed by atoms with Gasteiger partial charge in [0.2, 0.25) is 0 Å². The van der Waals surface area contributed by atoms with Gasteiger partial charge in [-0.05, 0) is 86.0 Å². The Balaban J connectivity index is 1.50. The lowest BCUT2D eigenvalue weighted by molar-refractivity contribution is -0.122. The first-order chi connectivity index (χ1) is 14.9. The molecular formula is C25H23BrN2O2S. The van der Waals surface area contributed by atoms with Crippen LogP contribution in [0.5, 0.6) is 0 Å². The molecule has 2 aromatic carbocycles. The van der Waals surface area contributed by atoms with Crippen molar-refractivity contribution in [2.45, 2.75) is 26.7 Å².